The van der Waals surface area contributed by atoms with Gasteiger partial charge in [-0.15, -0.1) is 12.4 Å². The summed E-state index contributed by atoms with van der Waals surface area (Å²) in [5, 5.41) is 0. The van der Waals surface area contributed by atoms with Crippen molar-refractivity contribution in [2.75, 3.05) is 47.1 Å². The number of hydrogen-bond acceptors (Lipinski definition) is 5. The molecule has 1 unspecified atom stereocenters. The second-order valence-electron chi connectivity index (χ2n) is 4.74. The summed E-state index contributed by atoms with van der Waals surface area (Å²) in [5.74, 6) is 0.467. The van der Waals surface area contributed by atoms with Crippen LogP contribution in [0.2, 0.25) is 0 Å². The van der Waals surface area contributed by atoms with Crippen molar-refractivity contribution in [2.24, 2.45) is 11.7 Å². The van der Waals surface area contributed by atoms with Gasteiger partial charge in [0, 0.05) is 39.9 Å². The Morgan fingerprint density at radius 3 is 2.15 bits per heavy atom. The van der Waals surface area contributed by atoms with Gasteiger partial charge in [0.15, 0.2) is 0 Å². The molecule has 1 atom stereocenters. The molecule has 1 rings (SSSR count). The lowest BCUT2D eigenvalue weighted by Gasteiger charge is -2.23. The summed E-state index contributed by atoms with van der Waals surface area (Å²) in [6, 6.07) is -0.0959. The molecule has 1 aliphatic rings. The highest BCUT2D eigenvalue weighted by Crippen LogP contribution is 2.31. The van der Waals surface area contributed by atoms with Crippen LogP contribution in [0.4, 0.5) is 0 Å². The Morgan fingerprint density at radius 1 is 1.25 bits per heavy atom. The van der Waals surface area contributed by atoms with Crippen LogP contribution < -0.4 is 10.5 Å². The van der Waals surface area contributed by atoms with E-state index >= 15 is 0 Å². The molecule has 0 aromatic carbocycles. The van der Waals surface area contributed by atoms with E-state index in [1.165, 1.54) is 18.5 Å². The van der Waals surface area contributed by atoms with Crippen LogP contribution in [0, 0.1) is 5.92 Å². The molecular weight excluding hydrogens is 306 g/mol. The Balaban J connectivity index is 0.00000361. The molecular formula is C11H26ClN3O4S. The zero-order valence-corrected chi connectivity index (χ0v) is 13.7. The molecule has 122 valence electrons. The molecule has 0 radical (unpaired) electrons. The van der Waals surface area contributed by atoms with Crippen molar-refractivity contribution in [3.8, 4) is 0 Å². The number of hydrogen-bond donors (Lipinski definition) is 2. The normalized spacial score (nSPS) is 17.0. The van der Waals surface area contributed by atoms with E-state index in [1.54, 1.807) is 0 Å². The Kier molecular flexibility index (Phi) is 9.90. The second-order valence-corrected chi connectivity index (χ2v) is 6.49. The molecule has 0 spiro atoms. The number of nitrogens with two attached hydrogens (primary N) is 1. The molecule has 0 amide bonds. The minimum atomic E-state index is -3.52. The summed E-state index contributed by atoms with van der Waals surface area (Å²) >= 11 is 0. The molecule has 20 heavy (non-hydrogen) atoms. The van der Waals surface area contributed by atoms with Crippen LogP contribution in [0.3, 0.4) is 0 Å². The van der Waals surface area contributed by atoms with Gasteiger partial charge in [-0.1, -0.05) is 0 Å². The molecule has 1 aliphatic carbocycles. The average Bonchev–Trinajstić information content (AvgIpc) is 3.20. The van der Waals surface area contributed by atoms with Crippen LogP contribution in [-0.2, 0) is 19.7 Å². The first-order chi connectivity index (χ1) is 9.01. The van der Waals surface area contributed by atoms with Gasteiger partial charge in [0.05, 0.1) is 13.2 Å². The zero-order chi connectivity index (χ0) is 14.3. The highest BCUT2D eigenvalue weighted by atomic mass is 35.5. The van der Waals surface area contributed by atoms with E-state index in [1.807, 2.05) is 0 Å². The number of rotatable bonds is 11. The number of nitrogens with zero attached hydrogens (tertiary/aromatic N) is 1. The van der Waals surface area contributed by atoms with Gasteiger partial charge in [-0.3, -0.25) is 0 Å². The van der Waals surface area contributed by atoms with Gasteiger partial charge in [0.25, 0.3) is 10.2 Å². The molecule has 1 saturated carbocycles. The van der Waals surface area contributed by atoms with Crippen LogP contribution in [0.15, 0.2) is 0 Å². The zero-order valence-electron chi connectivity index (χ0n) is 12.1. The number of nitrogens with one attached hydrogen (secondary N) is 1. The van der Waals surface area contributed by atoms with Gasteiger partial charge in [-0.2, -0.15) is 12.7 Å². The third kappa shape index (κ3) is 7.16. The van der Waals surface area contributed by atoms with Crippen molar-refractivity contribution < 1.29 is 17.9 Å². The van der Waals surface area contributed by atoms with Crippen molar-refractivity contribution in [3.05, 3.63) is 0 Å². The molecule has 0 aromatic heterocycles. The van der Waals surface area contributed by atoms with Crippen molar-refractivity contribution >= 4 is 22.6 Å². The lowest BCUT2D eigenvalue weighted by Crippen LogP contribution is -2.47. The monoisotopic (exact) mass is 331 g/mol. The highest BCUT2D eigenvalue weighted by molar-refractivity contribution is 7.87. The predicted octanol–water partition coefficient (Wildman–Crippen LogP) is -0.425. The molecule has 1 fully saturated rings. The maximum Gasteiger partial charge on any atom is 0.279 e. The Labute approximate surface area is 127 Å². The standard InChI is InChI=1S/C11H25N3O4S.ClH/c1-17-7-5-14(6-8-18-2)19(15,16)13-9-11(12)10-3-4-10;/h10-11,13H,3-9,12H2,1-2H3;1H. The van der Waals surface area contributed by atoms with Crippen LogP contribution >= 0.6 is 12.4 Å². The minimum absolute atomic E-state index is 0. The lowest BCUT2D eigenvalue weighted by molar-refractivity contribution is 0.149. The summed E-state index contributed by atoms with van der Waals surface area (Å²) in [7, 11) is -0.446. The van der Waals surface area contributed by atoms with Gasteiger partial charge in [-0.05, 0) is 18.8 Å². The van der Waals surface area contributed by atoms with E-state index in [0.717, 1.165) is 12.8 Å². The molecule has 3 N–H and O–H groups in total. The molecule has 0 aliphatic heterocycles. The lowest BCUT2D eigenvalue weighted by atomic mass is 10.2. The molecule has 0 saturated heterocycles. The average molecular weight is 332 g/mol. The SMILES string of the molecule is COCCN(CCOC)S(=O)(=O)NCC(N)C1CC1.Cl. The fourth-order valence-corrected chi connectivity index (χ4v) is 2.94. The Morgan fingerprint density at radius 2 is 1.75 bits per heavy atom. The van der Waals surface area contributed by atoms with Crippen molar-refractivity contribution in [2.45, 2.75) is 18.9 Å². The molecule has 0 bridgehead atoms. The summed E-state index contributed by atoms with van der Waals surface area (Å²) in [6.45, 7) is 1.57. The summed E-state index contributed by atoms with van der Waals surface area (Å²) in [5.41, 5.74) is 5.89. The third-order valence-electron chi connectivity index (χ3n) is 3.16. The fourth-order valence-electron chi connectivity index (χ4n) is 1.72. The van der Waals surface area contributed by atoms with E-state index in [9.17, 15) is 8.42 Å². The topological polar surface area (TPSA) is 93.9 Å². The highest BCUT2D eigenvalue weighted by Gasteiger charge is 2.30. The molecule has 7 nitrogen and oxygen atoms in total. The molecule has 0 heterocycles. The van der Waals surface area contributed by atoms with Gasteiger partial charge in [0.2, 0.25) is 0 Å². The van der Waals surface area contributed by atoms with Gasteiger partial charge in [0.1, 0.15) is 0 Å². The smallest absolute Gasteiger partial charge is 0.279 e. The van der Waals surface area contributed by atoms with Crippen LogP contribution in [0.5, 0.6) is 0 Å². The van der Waals surface area contributed by atoms with E-state index in [-0.39, 0.29) is 25.0 Å². The third-order valence-corrected chi connectivity index (χ3v) is 4.73. The number of ether oxygens (including phenoxy) is 2. The summed E-state index contributed by atoms with van der Waals surface area (Å²) in [6.07, 6.45) is 2.19. The predicted molar refractivity (Wildman–Crippen MR) is 80.2 cm³/mol. The fraction of sp³-hybridized carbons (Fsp3) is 1.00. The Hall–Kier alpha value is 0.0400. The van der Waals surface area contributed by atoms with Crippen molar-refractivity contribution in [1.29, 1.82) is 0 Å². The Bertz CT molecular complexity index is 344. The summed E-state index contributed by atoms with van der Waals surface area (Å²) in [4.78, 5) is 0. The maximum atomic E-state index is 12.1. The van der Waals surface area contributed by atoms with Gasteiger partial charge in [-0.25, -0.2) is 4.72 Å². The van der Waals surface area contributed by atoms with Gasteiger partial charge < -0.3 is 15.2 Å². The van der Waals surface area contributed by atoms with Crippen molar-refractivity contribution in [3.63, 3.8) is 0 Å². The summed E-state index contributed by atoms with van der Waals surface area (Å²) < 4.78 is 38.0. The minimum Gasteiger partial charge on any atom is -0.383 e. The van der Waals surface area contributed by atoms with Crippen molar-refractivity contribution in [1.82, 2.24) is 9.03 Å². The van der Waals surface area contributed by atoms with Crippen LogP contribution in [0.25, 0.3) is 0 Å². The van der Waals surface area contributed by atoms with E-state index in [2.05, 4.69) is 4.72 Å². The second kappa shape index (κ2) is 9.88. The van der Waals surface area contributed by atoms with E-state index in [0.29, 0.717) is 32.2 Å². The van der Waals surface area contributed by atoms with E-state index in [4.69, 9.17) is 15.2 Å². The van der Waals surface area contributed by atoms with E-state index < -0.39 is 10.2 Å². The maximum absolute atomic E-state index is 12.1. The van der Waals surface area contributed by atoms with Crippen LogP contribution in [-0.4, -0.2) is 65.8 Å². The number of halogens is 1. The first-order valence-electron chi connectivity index (χ1n) is 6.49. The van der Waals surface area contributed by atoms with Gasteiger partial charge >= 0.3 is 0 Å². The molecule has 9 heteroatoms. The molecule has 0 aromatic rings. The number of methoxy groups -OCH3 is 2. The first-order valence-corrected chi connectivity index (χ1v) is 7.93. The quantitative estimate of drug-likeness (QED) is 0.536. The van der Waals surface area contributed by atoms with Crippen LogP contribution in [0.1, 0.15) is 12.8 Å². The first kappa shape index (κ1) is 20.0. The largest absolute Gasteiger partial charge is 0.383 e.